The highest BCUT2D eigenvalue weighted by Crippen LogP contribution is 2.42. The molecule has 0 spiro atoms. The van der Waals surface area contributed by atoms with Gasteiger partial charge in [0.25, 0.3) is 0 Å². The molecule has 1 fully saturated rings. The molecule has 0 aromatic carbocycles. The molecule has 0 radical (unpaired) electrons. The third-order valence-corrected chi connectivity index (χ3v) is 5.47. The lowest BCUT2D eigenvalue weighted by Crippen LogP contribution is -2.61. The van der Waals surface area contributed by atoms with Crippen molar-refractivity contribution < 1.29 is 4.79 Å². The highest BCUT2D eigenvalue weighted by Gasteiger charge is 2.50. The first-order valence-corrected chi connectivity index (χ1v) is 8.03. The van der Waals surface area contributed by atoms with Gasteiger partial charge in [-0.3, -0.25) is 4.79 Å². The third-order valence-electron chi connectivity index (χ3n) is 3.77. The molecule has 3 nitrogen and oxygen atoms in total. The molecule has 1 aliphatic carbocycles. The minimum Gasteiger partial charge on any atom is -0.368 e. The molecule has 106 valence electrons. The molecule has 0 aromatic rings. The number of nitrogens with two attached hydrogens (primary N) is 1. The number of carbonyl (C=O) groups excluding carboxylic acids is 1. The fraction of sp³-hybridized carbons (Fsp3) is 0.929. The van der Waals surface area contributed by atoms with Crippen molar-refractivity contribution in [2.75, 3.05) is 5.75 Å². The van der Waals surface area contributed by atoms with E-state index in [1.54, 1.807) is 0 Å². The number of hydrogen-bond donors (Lipinski definition) is 2. The van der Waals surface area contributed by atoms with E-state index in [0.29, 0.717) is 17.1 Å². The quantitative estimate of drug-likeness (QED) is 0.713. The Kier molecular flexibility index (Phi) is 5.53. The molecule has 1 rings (SSSR count). The van der Waals surface area contributed by atoms with E-state index in [1.165, 1.54) is 0 Å². The Morgan fingerprint density at radius 3 is 2.22 bits per heavy atom. The Balaban J connectivity index is 2.73. The Morgan fingerprint density at radius 1 is 1.33 bits per heavy atom. The van der Waals surface area contributed by atoms with Gasteiger partial charge in [-0.15, -0.1) is 0 Å². The first-order valence-electron chi connectivity index (χ1n) is 6.98. The highest BCUT2D eigenvalue weighted by atomic mass is 32.2. The van der Waals surface area contributed by atoms with Crippen molar-refractivity contribution in [1.82, 2.24) is 5.32 Å². The average molecular weight is 272 g/mol. The van der Waals surface area contributed by atoms with Crippen molar-refractivity contribution in [3.8, 4) is 0 Å². The largest absolute Gasteiger partial charge is 0.368 e. The Hall–Kier alpha value is -0.220. The second kappa shape index (κ2) is 6.29. The molecule has 18 heavy (non-hydrogen) atoms. The number of amides is 1. The number of carbonyl (C=O) groups is 1. The number of rotatable bonds is 8. The van der Waals surface area contributed by atoms with Crippen LogP contribution >= 0.6 is 11.8 Å². The van der Waals surface area contributed by atoms with Crippen molar-refractivity contribution in [2.24, 2.45) is 17.6 Å². The SMILES string of the molecule is CC(C)NC(CSC(C)C(C)C)(C(N)=O)C1CC1. The van der Waals surface area contributed by atoms with Gasteiger partial charge in [-0.1, -0.05) is 20.8 Å². The zero-order chi connectivity index (χ0) is 13.9. The summed E-state index contributed by atoms with van der Waals surface area (Å²) >= 11 is 1.87. The zero-order valence-corrected chi connectivity index (χ0v) is 13.1. The van der Waals surface area contributed by atoms with E-state index < -0.39 is 5.54 Å². The number of primary amides is 1. The Labute approximate surface area is 116 Å². The van der Waals surface area contributed by atoms with Crippen LogP contribution in [0.25, 0.3) is 0 Å². The van der Waals surface area contributed by atoms with Crippen LogP contribution in [-0.2, 0) is 4.79 Å². The van der Waals surface area contributed by atoms with Crippen molar-refractivity contribution in [1.29, 1.82) is 0 Å². The van der Waals surface area contributed by atoms with Crippen molar-refractivity contribution >= 4 is 17.7 Å². The second-order valence-corrected chi connectivity index (χ2v) is 7.53. The van der Waals surface area contributed by atoms with E-state index in [0.717, 1.165) is 18.6 Å². The van der Waals surface area contributed by atoms with Crippen LogP contribution < -0.4 is 11.1 Å². The summed E-state index contributed by atoms with van der Waals surface area (Å²) in [5.41, 5.74) is 5.21. The molecule has 1 aliphatic rings. The van der Waals surface area contributed by atoms with Crippen LogP contribution in [0.2, 0.25) is 0 Å². The molecule has 1 amide bonds. The smallest absolute Gasteiger partial charge is 0.238 e. The van der Waals surface area contributed by atoms with E-state index in [-0.39, 0.29) is 11.9 Å². The minimum absolute atomic E-state index is 0.179. The van der Waals surface area contributed by atoms with Gasteiger partial charge in [0.1, 0.15) is 5.54 Å². The van der Waals surface area contributed by atoms with Crippen LogP contribution in [-0.4, -0.2) is 28.5 Å². The van der Waals surface area contributed by atoms with Crippen molar-refractivity contribution in [3.05, 3.63) is 0 Å². The fourth-order valence-electron chi connectivity index (χ4n) is 2.17. The van der Waals surface area contributed by atoms with E-state index in [9.17, 15) is 4.79 Å². The summed E-state index contributed by atoms with van der Waals surface area (Å²) in [6.45, 7) is 10.8. The Morgan fingerprint density at radius 2 is 1.89 bits per heavy atom. The topological polar surface area (TPSA) is 55.1 Å². The normalized spacial score (nSPS) is 21.1. The molecule has 2 atom stereocenters. The van der Waals surface area contributed by atoms with Gasteiger partial charge in [-0.05, 0) is 38.5 Å². The van der Waals surface area contributed by atoms with Gasteiger partial charge in [0, 0.05) is 17.0 Å². The fourth-order valence-corrected chi connectivity index (χ4v) is 3.54. The molecule has 2 unspecified atom stereocenters. The molecule has 0 aliphatic heterocycles. The maximum Gasteiger partial charge on any atom is 0.238 e. The zero-order valence-electron chi connectivity index (χ0n) is 12.3. The lowest BCUT2D eigenvalue weighted by Gasteiger charge is -2.35. The average Bonchev–Trinajstić information content (AvgIpc) is 3.06. The van der Waals surface area contributed by atoms with Gasteiger partial charge in [0.05, 0.1) is 0 Å². The van der Waals surface area contributed by atoms with E-state index >= 15 is 0 Å². The molecule has 3 N–H and O–H groups in total. The predicted molar refractivity (Wildman–Crippen MR) is 79.7 cm³/mol. The summed E-state index contributed by atoms with van der Waals surface area (Å²) in [5.74, 6) is 1.68. The van der Waals surface area contributed by atoms with Crippen molar-refractivity contribution in [3.63, 3.8) is 0 Å². The van der Waals surface area contributed by atoms with Crippen LogP contribution in [0.1, 0.15) is 47.5 Å². The van der Waals surface area contributed by atoms with Gasteiger partial charge in [0.2, 0.25) is 5.91 Å². The van der Waals surface area contributed by atoms with Crippen LogP contribution in [0, 0.1) is 11.8 Å². The molecular weight excluding hydrogens is 244 g/mol. The maximum atomic E-state index is 12.0. The highest BCUT2D eigenvalue weighted by molar-refractivity contribution is 8.00. The van der Waals surface area contributed by atoms with Crippen LogP contribution in [0.15, 0.2) is 0 Å². The molecule has 1 saturated carbocycles. The second-order valence-electron chi connectivity index (χ2n) is 6.17. The monoisotopic (exact) mass is 272 g/mol. The third kappa shape index (κ3) is 3.89. The van der Waals surface area contributed by atoms with Gasteiger partial charge < -0.3 is 11.1 Å². The molecule has 0 heterocycles. The van der Waals surface area contributed by atoms with Gasteiger partial charge in [0.15, 0.2) is 0 Å². The minimum atomic E-state index is -0.498. The number of thioether (sulfide) groups is 1. The lowest BCUT2D eigenvalue weighted by atomic mass is 9.93. The van der Waals surface area contributed by atoms with E-state index in [4.69, 9.17) is 5.73 Å². The molecule has 4 heteroatoms. The first kappa shape index (κ1) is 15.8. The molecule has 0 saturated heterocycles. The number of hydrogen-bond acceptors (Lipinski definition) is 3. The van der Waals surface area contributed by atoms with Gasteiger partial charge in [-0.2, -0.15) is 11.8 Å². The Bertz CT molecular complexity index is 290. The van der Waals surface area contributed by atoms with Gasteiger partial charge in [-0.25, -0.2) is 0 Å². The molecule has 0 bridgehead atoms. The van der Waals surface area contributed by atoms with Crippen LogP contribution in [0.5, 0.6) is 0 Å². The summed E-state index contributed by atoms with van der Waals surface area (Å²) in [4.78, 5) is 12.0. The molecular formula is C14H28N2OS. The predicted octanol–water partition coefficient (Wildman–Crippen LogP) is 2.40. The molecule has 0 aromatic heterocycles. The van der Waals surface area contributed by atoms with E-state index in [2.05, 4.69) is 39.9 Å². The number of nitrogens with one attached hydrogen (secondary N) is 1. The van der Waals surface area contributed by atoms with Gasteiger partial charge >= 0.3 is 0 Å². The summed E-state index contributed by atoms with van der Waals surface area (Å²) in [7, 11) is 0. The van der Waals surface area contributed by atoms with Crippen LogP contribution in [0.3, 0.4) is 0 Å². The maximum absolute atomic E-state index is 12.0. The van der Waals surface area contributed by atoms with E-state index in [1.807, 2.05) is 11.8 Å². The summed E-state index contributed by atoms with van der Waals surface area (Å²) in [5, 5.41) is 4.01. The van der Waals surface area contributed by atoms with Crippen molar-refractivity contribution in [2.45, 2.75) is 64.3 Å². The summed E-state index contributed by atoms with van der Waals surface area (Å²) < 4.78 is 0. The van der Waals surface area contributed by atoms with Crippen LogP contribution in [0.4, 0.5) is 0 Å². The first-order chi connectivity index (χ1) is 8.29. The lowest BCUT2D eigenvalue weighted by molar-refractivity contribution is -0.124. The summed E-state index contributed by atoms with van der Waals surface area (Å²) in [6, 6.07) is 0.285. The standard InChI is InChI=1S/C14H28N2OS/c1-9(2)11(5)18-8-14(13(15)17,12-6-7-12)16-10(3)4/h9-12,16H,6-8H2,1-5H3,(H2,15,17). The summed E-state index contributed by atoms with van der Waals surface area (Å²) in [6.07, 6.45) is 2.25.